The lowest BCUT2D eigenvalue weighted by Crippen LogP contribution is -2.24. The van der Waals surface area contributed by atoms with Crippen LogP contribution in [0.4, 0.5) is 4.39 Å². The Kier molecular flexibility index (Phi) is 2.73. The number of halogens is 1. The number of ketones is 1. The van der Waals surface area contributed by atoms with E-state index in [4.69, 9.17) is 0 Å². The molecule has 1 aromatic rings. The van der Waals surface area contributed by atoms with Crippen LogP contribution in [-0.4, -0.2) is 23.1 Å². The number of carbonyl (C=O) groups excluding carboxylic acids is 2. The van der Waals surface area contributed by atoms with E-state index in [0.29, 0.717) is 6.54 Å². The third-order valence-electron chi connectivity index (χ3n) is 2.54. The fourth-order valence-corrected chi connectivity index (χ4v) is 1.91. The van der Waals surface area contributed by atoms with Crippen molar-refractivity contribution in [1.82, 2.24) is 4.90 Å². The Hall–Kier alpha value is -1.71. The zero-order valence-corrected chi connectivity index (χ0v) is 9.00. The Balaban J connectivity index is 2.15. The molecular weight excluding hydrogens is 209 g/mol. The molecule has 0 unspecified atom stereocenters. The standard InChI is InChI=1S/C12H12FNO2/c1-8-2-9(4-10(13)3-8)6-14-7-11(15)5-12(14)16/h2-4H,5-7H2,1H3. The minimum absolute atomic E-state index is 0.0195. The summed E-state index contributed by atoms with van der Waals surface area (Å²) in [6.07, 6.45) is -0.0195. The van der Waals surface area contributed by atoms with Crippen molar-refractivity contribution in [3.63, 3.8) is 0 Å². The Morgan fingerprint density at radius 3 is 2.62 bits per heavy atom. The number of hydrogen-bond donors (Lipinski definition) is 0. The smallest absolute Gasteiger partial charge is 0.230 e. The number of likely N-dealkylation sites (tertiary alicyclic amines) is 1. The highest BCUT2D eigenvalue weighted by molar-refractivity contribution is 6.05. The molecule has 0 aliphatic carbocycles. The monoisotopic (exact) mass is 221 g/mol. The summed E-state index contributed by atoms with van der Waals surface area (Å²) < 4.78 is 13.1. The summed E-state index contributed by atoms with van der Waals surface area (Å²) in [6.45, 7) is 2.25. The first-order valence-electron chi connectivity index (χ1n) is 5.10. The van der Waals surface area contributed by atoms with E-state index in [1.807, 2.05) is 6.07 Å². The molecule has 1 heterocycles. The van der Waals surface area contributed by atoms with Crippen molar-refractivity contribution in [2.24, 2.45) is 0 Å². The van der Waals surface area contributed by atoms with Gasteiger partial charge in [0.15, 0.2) is 5.78 Å². The van der Waals surface area contributed by atoms with Crippen LogP contribution in [0.15, 0.2) is 18.2 Å². The van der Waals surface area contributed by atoms with Crippen LogP contribution in [-0.2, 0) is 16.1 Å². The van der Waals surface area contributed by atoms with E-state index in [9.17, 15) is 14.0 Å². The summed E-state index contributed by atoms with van der Waals surface area (Å²) in [4.78, 5) is 23.9. The minimum Gasteiger partial charge on any atom is -0.331 e. The first kappa shape index (κ1) is 10.8. The predicted molar refractivity (Wildman–Crippen MR) is 56.2 cm³/mol. The van der Waals surface area contributed by atoms with Gasteiger partial charge in [-0.15, -0.1) is 0 Å². The minimum atomic E-state index is -0.312. The third kappa shape index (κ3) is 2.27. The van der Waals surface area contributed by atoms with Gasteiger partial charge in [0.05, 0.1) is 13.0 Å². The average Bonchev–Trinajstić information content (AvgIpc) is 2.43. The molecule has 84 valence electrons. The van der Waals surface area contributed by atoms with Crippen molar-refractivity contribution in [3.8, 4) is 0 Å². The van der Waals surface area contributed by atoms with Crippen LogP contribution < -0.4 is 0 Å². The summed E-state index contributed by atoms with van der Waals surface area (Å²) in [7, 11) is 0. The fourth-order valence-electron chi connectivity index (χ4n) is 1.91. The maximum Gasteiger partial charge on any atom is 0.230 e. The number of Topliss-reactive ketones (excluding diaryl/α,β-unsaturated/α-hetero) is 1. The van der Waals surface area contributed by atoms with Crippen LogP contribution in [0.2, 0.25) is 0 Å². The number of aryl methyl sites for hydroxylation is 1. The van der Waals surface area contributed by atoms with E-state index in [1.54, 1.807) is 6.92 Å². The second-order valence-corrected chi connectivity index (χ2v) is 4.10. The topological polar surface area (TPSA) is 37.4 Å². The van der Waals surface area contributed by atoms with E-state index in [0.717, 1.165) is 11.1 Å². The second kappa shape index (κ2) is 4.04. The predicted octanol–water partition coefficient (Wildman–Crippen LogP) is 1.44. The molecule has 1 fully saturated rings. The molecule has 0 bridgehead atoms. The molecule has 0 radical (unpaired) electrons. The van der Waals surface area contributed by atoms with Gasteiger partial charge in [-0.3, -0.25) is 9.59 Å². The van der Waals surface area contributed by atoms with Gasteiger partial charge in [-0.1, -0.05) is 6.07 Å². The number of amides is 1. The largest absolute Gasteiger partial charge is 0.331 e. The van der Waals surface area contributed by atoms with E-state index >= 15 is 0 Å². The summed E-state index contributed by atoms with van der Waals surface area (Å²) in [6, 6.07) is 4.64. The molecule has 2 rings (SSSR count). The average molecular weight is 221 g/mol. The van der Waals surface area contributed by atoms with E-state index < -0.39 is 0 Å². The van der Waals surface area contributed by atoms with Gasteiger partial charge >= 0.3 is 0 Å². The number of hydrogen-bond acceptors (Lipinski definition) is 2. The molecule has 0 atom stereocenters. The molecule has 1 amide bonds. The first-order chi connectivity index (χ1) is 7.54. The number of rotatable bonds is 2. The molecule has 4 heteroatoms. The van der Waals surface area contributed by atoms with Crippen molar-refractivity contribution in [1.29, 1.82) is 0 Å². The zero-order valence-electron chi connectivity index (χ0n) is 9.00. The van der Waals surface area contributed by atoms with Gasteiger partial charge < -0.3 is 4.90 Å². The molecule has 0 saturated carbocycles. The summed E-state index contributed by atoms with van der Waals surface area (Å²) in [5.41, 5.74) is 1.54. The van der Waals surface area contributed by atoms with Gasteiger partial charge in [-0.2, -0.15) is 0 Å². The number of benzene rings is 1. The van der Waals surface area contributed by atoms with E-state index in [-0.39, 0.29) is 30.5 Å². The Morgan fingerprint density at radius 1 is 1.31 bits per heavy atom. The molecule has 16 heavy (non-hydrogen) atoms. The summed E-state index contributed by atoms with van der Waals surface area (Å²) in [5, 5.41) is 0. The van der Waals surface area contributed by atoms with Crippen LogP contribution in [0, 0.1) is 12.7 Å². The molecule has 1 aliphatic heterocycles. The van der Waals surface area contributed by atoms with Crippen LogP contribution in [0.25, 0.3) is 0 Å². The van der Waals surface area contributed by atoms with Crippen molar-refractivity contribution in [3.05, 3.63) is 35.1 Å². The SMILES string of the molecule is Cc1cc(F)cc(CN2CC(=O)CC2=O)c1. The molecule has 0 spiro atoms. The zero-order chi connectivity index (χ0) is 11.7. The van der Waals surface area contributed by atoms with Crippen molar-refractivity contribution in [2.75, 3.05) is 6.54 Å². The van der Waals surface area contributed by atoms with Crippen LogP contribution in [0.3, 0.4) is 0 Å². The second-order valence-electron chi connectivity index (χ2n) is 4.10. The molecule has 0 N–H and O–H groups in total. The highest BCUT2D eigenvalue weighted by Gasteiger charge is 2.27. The van der Waals surface area contributed by atoms with E-state index in [2.05, 4.69) is 0 Å². The Morgan fingerprint density at radius 2 is 2.06 bits per heavy atom. The number of nitrogens with zero attached hydrogens (tertiary/aromatic N) is 1. The lowest BCUT2D eigenvalue weighted by atomic mass is 10.1. The molecule has 1 aliphatic rings. The van der Waals surface area contributed by atoms with Gasteiger partial charge in [0.1, 0.15) is 5.82 Å². The summed E-state index contributed by atoms with van der Waals surface area (Å²) >= 11 is 0. The Labute approximate surface area is 92.9 Å². The normalized spacial score (nSPS) is 16.0. The summed E-state index contributed by atoms with van der Waals surface area (Å²) in [5.74, 6) is -0.557. The first-order valence-corrected chi connectivity index (χ1v) is 5.10. The van der Waals surface area contributed by atoms with Crippen LogP contribution in [0.1, 0.15) is 17.5 Å². The molecule has 0 aromatic heterocycles. The van der Waals surface area contributed by atoms with Gasteiger partial charge in [-0.25, -0.2) is 4.39 Å². The van der Waals surface area contributed by atoms with Gasteiger partial charge in [0.2, 0.25) is 5.91 Å². The molecule has 1 saturated heterocycles. The number of carbonyl (C=O) groups is 2. The maximum absolute atomic E-state index is 13.1. The third-order valence-corrected chi connectivity index (χ3v) is 2.54. The highest BCUT2D eigenvalue weighted by atomic mass is 19.1. The van der Waals surface area contributed by atoms with Crippen LogP contribution >= 0.6 is 0 Å². The lowest BCUT2D eigenvalue weighted by molar-refractivity contribution is -0.128. The highest BCUT2D eigenvalue weighted by Crippen LogP contribution is 2.14. The maximum atomic E-state index is 13.1. The molecular formula is C12H12FNO2. The fraction of sp³-hybridized carbons (Fsp3) is 0.333. The van der Waals surface area contributed by atoms with Gasteiger partial charge in [0.25, 0.3) is 0 Å². The van der Waals surface area contributed by atoms with Crippen molar-refractivity contribution < 1.29 is 14.0 Å². The molecule has 1 aromatic carbocycles. The van der Waals surface area contributed by atoms with Crippen molar-refractivity contribution >= 4 is 11.7 Å². The Bertz CT molecular complexity index is 436. The van der Waals surface area contributed by atoms with Gasteiger partial charge in [-0.05, 0) is 30.2 Å². The van der Waals surface area contributed by atoms with Crippen molar-refractivity contribution in [2.45, 2.75) is 19.9 Å². The van der Waals surface area contributed by atoms with Crippen LogP contribution in [0.5, 0.6) is 0 Å². The quantitative estimate of drug-likeness (QED) is 0.708. The van der Waals surface area contributed by atoms with Gasteiger partial charge in [0, 0.05) is 6.54 Å². The lowest BCUT2D eigenvalue weighted by Gasteiger charge is -2.14. The molecule has 3 nitrogen and oxygen atoms in total. The van der Waals surface area contributed by atoms with E-state index in [1.165, 1.54) is 17.0 Å².